The molecule has 7 nitrogen and oxygen atoms in total. The van der Waals surface area contributed by atoms with Gasteiger partial charge in [0.2, 0.25) is 0 Å². The molecule has 2 N–H and O–H groups in total. The maximum absolute atomic E-state index is 12.3. The Labute approximate surface area is 154 Å². The van der Waals surface area contributed by atoms with Crippen molar-refractivity contribution in [3.05, 3.63) is 47.9 Å². The lowest BCUT2D eigenvalue weighted by molar-refractivity contribution is 0.0949. The van der Waals surface area contributed by atoms with Crippen molar-refractivity contribution in [3.63, 3.8) is 0 Å². The molecule has 0 atom stereocenters. The van der Waals surface area contributed by atoms with Gasteiger partial charge in [0.05, 0.1) is 7.11 Å². The Morgan fingerprint density at radius 2 is 1.92 bits per heavy atom. The summed E-state index contributed by atoms with van der Waals surface area (Å²) in [6, 6.07) is 9.49. The minimum Gasteiger partial charge on any atom is -0.497 e. The number of aromatic nitrogens is 2. The van der Waals surface area contributed by atoms with Crippen LogP contribution in [-0.2, 0) is 6.42 Å². The highest BCUT2D eigenvalue weighted by atomic mass is 16.5. The van der Waals surface area contributed by atoms with Crippen molar-refractivity contribution in [1.29, 1.82) is 0 Å². The number of carbonyl (C=O) groups excluding carboxylic acids is 1. The predicted octanol–water partition coefficient (Wildman–Crippen LogP) is 1.82. The van der Waals surface area contributed by atoms with Crippen molar-refractivity contribution in [2.24, 2.45) is 0 Å². The molecule has 0 aliphatic rings. The normalized spacial score (nSPS) is 10.6. The van der Waals surface area contributed by atoms with Crippen LogP contribution in [0.3, 0.4) is 0 Å². The molecule has 0 aliphatic carbocycles. The van der Waals surface area contributed by atoms with Crippen LogP contribution >= 0.6 is 0 Å². The Hall–Kier alpha value is -2.67. The van der Waals surface area contributed by atoms with Crippen molar-refractivity contribution < 1.29 is 9.53 Å². The summed E-state index contributed by atoms with van der Waals surface area (Å²) in [7, 11) is 5.72. The number of methoxy groups -OCH3 is 1. The van der Waals surface area contributed by atoms with E-state index in [9.17, 15) is 4.79 Å². The van der Waals surface area contributed by atoms with E-state index in [-0.39, 0.29) is 5.91 Å². The van der Waals surface area contributed by atoms with Gasteiger partial charge in [0.15, 0.2) is 0 Å². The third-order valence-electron chi connectivity index (χ3n) is 3.85. The average molecular weight is 357 g/mol. The van der Waals surface area contributed by atoms with E-state index in [4.69, 9.17) is 4.74 Å². The smallest absolute Gasteiger partial charge is 0.270 e. The number of nitrogens with one attached hydrogen (secondary N) is 2. The fourth-order valence-corrected chi connectivity index (χ4v) is 2.39. The summed E-state index contributed by atoms with van der Waals surface area (Å²) < 4.78 is 5.14. The van der Waals surface area contributed by atoms with Gasteiger partial charge in [0, 0.05) is 19.2 Å². The quantitative estimate of drug-likeness (QED) is 0.632. The van der Waals surface area contributed by atoms with E-state index in [1.165, 1.54) is 6.33 Å². The summed E-state index contributed by atoms with van der Waals surface area (Å²) in [5.41, 5.74) is 1.50. The van der Waals surface area contributed by atoms with Gasteiger partial charge in [0.25, 0.3) is 5.91 Å². The van der Waals surface area contributed by atoms with Crippen molar-refractivity contribution in [3.8, 4) is 5.75 Å². The van der Waals surface area contributed by atoms with E-state index in [1.807, 2.05) is 38.4 Å². The Balaban J connectivity index is 1.78. The van der Waals surface area contributed by atoms with Gasteiger partial charge < -0.3 is 20.3 Å². The third kappa shape index (κ3) is 6.68. The van der Waals surface area contributed by atoms with Crippen LogP contribution in [-0.4, -0.2) is 61.6 Å². The van der Waals surface area contributed by atoms with Gasteiger partial charge in [-0.1, -0.05) is 12.1 Å². The molecule has 0 spiro atoms. The fraction of sp³-hybridized carbons (Fsp3) is 0.421. The highest BCUT2D eigenvalue weighted by Crippen LogP contribution is 2.11. The van der Waals surface area contributed by atoms with Crippen LogP contribution in [0.4, 0.5) is 5.82 Å². The van der Waals surface area contributed by atoms with Gasteiger partial charge in [-0.2, -0.15) is 0 Å². The summed E-state index contributed by atoms with van der Waals surface area (Å²) in [5, 5.41) is 6.11. The molecule has 26 heavy (non-hydrogen) atoms. The minimum absolute atomic E-state index is 0.197. The highest BCUT2D eigenvalue weighted by molar-refractivity contribution is 5.92. The zero-order valence-electron chi connectivity index (χ0n) is 15.7. The Bertz CT molecular complexity index is 689. The van der Waals surface area contributed by atoms with Crippen LogP contribution in [0.25, 0.3) is 0 Å². The zero-order valence-corrected chi connectivity index (χ0v) is 15.7. The monoisotopic (exact) mass is 357 g/mol. The first-order valence-corrected chi connectivity index (χ1v) is 8.70. The first-order chi connectivity index (χ1) is 12.6. The van der Waals surface area contributed by atoms with E-state index in [0.717, 1.165) is 37.2 Å². The lowest BCUT2D eigenvalue weighted by Crippen LogP contribution is -2.26. The molecule has 140 valence electrons. The molecule has 1 aromatic heterocycles. The summed E-state index contributed by atoms with van der Waals surface area (Å²) in [5.74, 6) is 1.29. The number of ether oxygens (including phenoxy) is 1. The van der Waals surface area contributed by atoms with Crippen molar-refractivity contribution in [2.45, 2.75) is 12.8 Å². The van der Waals surface area contributed by atoms with E-state index in [2.05, 4.69) is 25.5 Å². The predicted molar refractivity (Wildman–Crippen MR) is 103 cm³/mol. The zero-order chi connectivity index (χ0) is 18.8. The number of hydrogen-bond donors (Lipinski definition) is 2. The second-order valence-electron chi connectivity index (χ2n) is 6.23. The number of benzene rings is 1. The van der Waals surface area contributed by atoms with Gasteiger partial charge in [0.1, 0.15) is 23.6 Å². The minimum atomic E-state index is -0.197. The maximum atomic E-state index is 12.3. The van der Waals surface area contributed by atoms with E-state index in [0.29, 0.717) is 18.1 Å². The van der Waals surface area contributed by atoms with Crippen LogP contribution in [0.15, 0.2) is 36.7 Å². The number of amides is 1. The molecule has 0 radical (unpaired) electrons. The number of rotatable bonds is 10. The van der Waals surface area contributed by atoms with Crippen LogP contribution in [0.1, 0.15) is 22.5 Å². The maximum Gasteiger partial charge on any atom is 0.270 e. The van der Waals surface area contributed by atoms with Gasteiger partial charge in [-0.3, -0.25) is 4.79 Å². The third-order valence-corrected chi connectivity index (χ3v) is 3.85. The topological polar surface area (TPSA) is 79.4 Å². The Kier molecular flexibility index (Phi) is 7.82. The number of hydrogen-bond acceptors (Lipinski definition) is 6. The summed E-state index contributed by atoms with van der Waals surface area (Å²) in [4.78, 5) is 22.6. The summed E-state index contributed by atoms with van der Waals surface area (Å²) in [6.45, 7) is 2.34. The fourth-order valence-electron chi connectivity index (χ4n) is 2.39. The van der Waals surface area contributed by atoms with Crippen molar-refractivity contribution in [1.82, 2.24) is 20.2 Å². The number of carbonyl (C=O) groups is 1. The largest absolute Gasteiger partial charge is 0.497 e. The Morgan fingerprint density at radius 1 is 1.15 bits per heavy atom. The van der Waals surface area contributed by atoms with E-state index >= 15 is 0 Å². The van der Waals surface area contributed by atoms with Crippen molar-refractivity contribution >= 4 is 11.7 Å². The lowest BCUT2D eigenvalue weighted by Gasteiger charge is -2.10. The Morgan fingerprint density at radius 3 is 2.62 bits per heavy atom. The summed E-state index contributed by atoms with van der Waals surface area (Å²) in [6.07, 6.45) is 3.16. The first kappa shape index (κ1) is 19.7. The second kappa shape index (κ2) is 10.4. The molecule has 1 amide bonds. The molecule has 7 heteroatoms. The molecule has 0 saturated carbocycles. The second-order valence-corrected chi connectivity index (χ2v) is 6.23. The first-order valence-electron chi connectivity index (χ1n) is 8.70. The van der Waals surface area contributed by atoms with Crippen LogP contribution in [0.5, 0.6) is 5.75 Å². The van der Waals surface area contributed by atoms with Crippen LogP contribution in [0, 0.1) is 0 Å². The molecule has 1 heterocycles. The SMILES string of the molecule is COc1ccc(CCNC(=O)c2cc(NCCCN(C)C)ncn2)cc1. The van der Waals surface area contributed by atoms with Crippen molar-refractivity contribution in [2.75, 3.05) is 46.2 Å². The standard InChI is InChI=1S/C19H27N5O2/c1-24(2)12-4-10-20-18-13-17(22-14-23-18)19(25)21-11-9-15-5-7-16(26-3)8-6-15/h5-8,13-14H,4,9-12H2,1-3H3,(H,21,25)(H,20,22,23). The molecular formula is C19H27N5O2. The highest BCUT2D eigenvalue weighted by Gasteiger charge is 2.08. The van der Waals surface area contributed by atoms with Gasteiger partial charge >= 0.3 is 0 Å². The van der Waals surface area contributed by atoms with Crippen LogP contribution in [0.2, 0.25) is 0 Å². The molecule has 2 rings (SSSR count). The van der Waals surface area contributed by atoms with Gasteiger partial charge in [-0.15, -0.1) is 0 Å². The van der Waals surface area contributed by atoms with E-state index < -0.39 is 0 Å². The summed E-state index contributed by atoms with van der Waals surface area (Å²) >= 11 is 0. The number of nitrogens with zero attached hydrogens (tertiary/aromatic N) is 3. The molecule has 0 aliphatic heterocycles. The lowest BCUT2D eigenvalue weighted by atomic mass is 10.1. The molecule has 0 saturated heterocycles. The van der Waals surface area contributed by atoms with Crippen LogP contribution < -0.4 is 15.4 Å². The molecule has 0 unspecified atom stereocenters. The molecule has 0 fully saturated rings. The van der Waals surface area contributed by atoms with E-state index in [1.54, 1.807) is 13.2 Å². The number of anilines is 1. The van der Waals surface area contributed by atoms with Gasteiger partial charge in [-0.05, 0) is 51.2 Å². The molecule has 0 bridgehead atoms. The molecule has 2 aromatic rings. The molecule has 1 aromatic carbocycles. The average Bonchev–Trinajstić information content (AvgIpc) is 2.66. The van der Waals surface area contributed by atoms with Gasteiger partial charge in [-0.25, -0.2) is 9.97 Å². The molecular weight excluding hydrogens is 330 g/mol.